The molecule has 3 N–H and O–H groups in total. The van der Waals surface area contributed by atoms with Crippen molar-refractivity contribution in [2.75, 3.05) is 19.6 Å². The molecule has 120 valence electrons. The summed E-state index contributed by atoms with van der Waals surface area (Å²) in [5.41, 5.74) is 5.78. The summed E-state index contributed by atoms with van der Waals surface area (Å²) in [7, 11) is 0. The van der Waals surface area contributed by atoms with Crippen LogP contribution < -0.4 is 11.1 Å². The summed E-state index contributed by atoms with van der Waals surface area (Å²) in [5, 5.41) is 3.02. The highest BCUT2D eigenvalue weighted by Crippen LogP contribution is 2.31. The van der Waals surface area contributed by atoms with Gasteiger partial charge in [-0.1, -0.05) is 20.8 Å². The Labute approximate surface area is 135 Å². The van der Waals surface area contributed by atoms with Crippen LogP contribution in [0.3, 0.4) is 0 Å². The van der Waals surface area contributed by atoms with Crippen LogP contribution in [0.1, 0.15) is 40.0 Å². The number of halogens is 2. The lowest BCUT2D eigenvalue weighted by Gasteiger charge is -2.26. The van der Waals surface area contributed by atoms with Crippen LogP contribution in [-0.4, -0.2) is 42.5 Å². The molecule has 2 rings (SSSR count). The van der Waals surface area contributed by atoms with E-state index in [0.29, 0.717) is 5.92 Å². The van der Waals surface area contributed by atoms with Gasteiger partial charge in [0.05, 0.1) is 6.04 Å². The number of carbonyl (C=O) groups excluding carboxylic acids is 1. The Morgan fingerprint density at radius 1 is 1.30 bits per heavy atom. The molecule has 20 heavy (non-hydrogen) atoms. The lowest BCUT2D eigenvalue weighted by molar-refractivity contribution is -0.124. The summed E-state index contributed by atoms with van der Waals surface area (Å²) in [5.74, 6) is 0.606. The van der Waals surface area contributed by atoms with E-state index >= 15 is 0 Å². The fraction of sp³-hybridized carbons (Fsp3) is 0.929. The third kappa shape index (κ3) is 5.40. The molecule has 0 aromatic heterocycles. The molecule has 1 unspecified atom stereocenters. The van der Waals surface area contributed by atoms with Crippen molar-refractivity contribution in [3.8, 4) is 0 Å². The van der Waals surface area contributed by atoms with Gasteiger partial charge in [0.2, 0.25) is 5.91 Å². The minimum atomic E-state index is -0.418. The molecule has 2 fully saturated rings. The molecule has 2 aliphatic rings. The second-order valence-electron chi connectivity index (χ2n) is 6.97. The molecule has 2 atom stereocenters. The standard InChI is InChI=1S/C14H27N3O.2ClH/c1-14(2,3)12(15)13(18)16-8-10-6-7-17(9-10)11-4-5-11;;/h10-12H,4-9,15H2,1-3H3,(H,16,18);2*1H/t10?,12-;;/m1../s1. The zero-order valence-corrected chi connectivity index (χ0v) is 14.4. The normalized spacial score (nSPS) is 24.5. The van der Waals surface area contributed by atoms with Gasteiger partial charge in [0.25, 0.3) is 0 Å². The number of amides is 1. The van der Waals surface area contributed by atoms with Crippen LogP contribution in [0.5, 0.6) is 0 Å². The zero-order valence-electron chi connectivity index (χ0n) is 12.7. The molecule has 0 aromatic carbocycles. The van der Waals surface area contributed by atoms with E-state index in [1.165, 1.54) is 25.8 Å². The third-order valence-electron chi connectivity index (χ3n) is 4.16. The van der Waals surface area contributed by atoms with Gasteiger partial charge in [0.15, 0.2) is 0 Å². The van der Waals surface area contributed by atoms with E-state index < -0.39 is 6.04 Å². The van der Waals surface area contributed by atoms with Gasteiger partial charge in [-0.3, -0.25) is 4.79 Å². The first-order valence-electron chi connectivity index (χ1n) is 7.15. The Kier molecular flexibility index (Phi) is 7.82. The lowest BCUT2D eigenvalue weighted by Crippen LogP contribution is -2.49. The van der Waals surface area contributed by atoms with Crippen molar-refractivity contribution in [1.82, 2.24) is 10.2 Å². The van der Waals surface area contributed by atoms with E-state index in [4.69, 9.17) is 5.73 Å². The van der Waals surface area contributed by atoms with E-state index in [9.17, 15) is 4.79 Å². The average Bonchev–Trinajstić information content (AvgIpc) is 3.04. The monoisotopic (exact) mass is 325 g/mol. The maximum absolute atomic E-state index is 11.9. The fourth-order valence-electron chi connectivity index (χ4n) is 2.55. The van der Waals surface area contributed by atoms with Crippen LogP contribution in [0.4, 0.5) is 0 Å². The molecule has 1 heterocycles. The highest BCUT2D eigenvalue weighted by molar-refractivity contribution is 5.85. The number of carbonyl (C=O) groups is 1. The van der Waals surface area contributed by atoms with Crippen LogP contribution in [0.25, 0.3) is 0 Å². The number of hydrogen-bond acceptors (Lipinski definition) is 3. The molecule has 1 amide bonds. The van der Waals surface area contributed by atoms with Crippen LogP contribution >= 0.6 is 24.8 Å². The average molecular weight is 326 g/mol. The fourth-order valence-corrected chi connectivity index (χ4v) is 2.55. The SMILES string of the molecule is CC(C)(C)[C@H](N)C(=O)NCC1CCN(C2CC2)C1.Cl.Cl. The van der Waals surface area contributed by atoms with Gasteiger partial charge >= 0.3 is 0 Å². The number of nitrogens with zero attached hydrogens (tertiary/aromatic N) is 1. The highest BCUT2D eigenvalue weighted by Gasteiger charge is 2.34. The smallest absolute Gasteiger partial charge is 0.237 e. The molecule has 0 spiro atoms. The first-order valence-corrected chi connectivity index (χ1v) is 7.15. The number of hydrogen-bond donors (Lipinski definition) is 2. The summed E-state index contributed by atoms with van der Waals surface area (Å²) in [6, 6.07) is 0.431. The zero-order chi connectivity index (χ0) is 13.3. The molecule has 4 nitrogen and oxygen atoms in total. The number of nitrogens with one attached hydrogen (secondary N) is 1. The van der Waals surface area contributed by atoms with Crippen molar-refractivity contribution in [3.05, 3.63) is 0 Å². The first-order chi connectivity index (χ1) is 8.38. The van der Waals surface area contributed by atoms with Crippen LogP contribution in [-0.2, 0) is 4.79 Å². The van der Waals surface area contributed by atoms with Crippen molar-refractivity contribution in [2.45, 2.75) is 52.1 Å². The van der Waals surface area contributed by atoms with Crippen LogP contribution in [0.15, 0.2) is 0 Å². The van der Waals surface area contributed by atoms with E-state index in [2.05, 4.69) is 10.2 Å². The Balaban J connectivity index is 0.00000180. The van der Waals surface area contributed by atoms with Crippen molar-refractivity contribution in [1.29, 1.82) is 0 Å². The predicted molar refractivity (Wildman–Crippen MR) is 87.6 cm³/mol. The second-order valence-corrected chi connectivity index (χ2v) is 6.97. The molecule has 0 radical (unpaired) electrons. The Hall–Kier alpha value is -0.0300. The van der Waals surface area contributed by atoms with Gasteiger partial charge in [0.1, 0.15) is 0 Å². The number of rotatable bonds is 4. The van der Waals surface area contributed by atoms with E-state index in [1.807, 2.05) is 20.8 Å². The Morgan fingerprint density at radius 3 is 2.40 bits per heavy atom. The molecule has 1 aliphatic heterocycles. The molecule has 6 heteroatoms. The van der Waals surface area contributed by atoms with E-state index in [1.54, 1.807) is 0 Å². The van der Waals surface area contributed by atoms with Crippen LogP contribution in [0, 0.1) is 11.3 Å². The van der Waals surface area contributed by atoms with Crippen molar-refractivity contribution < 1.29 is 4.79 Å². The minimum absolute atomic E-state index is 0. The molecule has 0 aromatic rings. The molecular formula is C14H29Cl2N3O. The summed E-state index contributed by atoms with van der Waals surface area (Å²) >= 11 is 0. The van der Waals surface area contributed by atoms with Crippen molar-refractivity contribution >= 4 is 30.7 Å². The largest absolute Gasteiger partial charge is 0.354 e. The minimum Gasteiger partial charge on any atom is -0.354 e. The Morgan fingerprint density at radius 2 is 1.90 bits per heavy atom. The topological polar surface area (TPSA) is 58.4 Å². The molecule has 0 bridgehead atoms. The summed E-state index contributed by atoms with van der Waals surface area (Å²) in [4.78, 5) is 14.5. The summed E-state index contributed by atoms with van der Waals surface area (Å²) < 4.78 is 0. The number of likely N-dealkylation sites (tertiary alicyclic amines) is 1. The number of nitrogens with two attached hydrogens (primary N) is 1. The summed E-state index contributed by atoms with van der Waals surface area (Å²) in [6.07, 6.45) is 3.95. The van der Waals surface area contributed by atoms with Crippen molar-refractivity contribution in [2.24, 2.45) is 17.1 Å². The van der Waals surface area contributed by atoms with Crippen molar-refractivity contribution in [3.63, 3.8) is 0 Å². The Bertz CT molecular complexity index is 316. The summed E-state index contributed by atoms with van der Waals surface area (Å²) in [6.45, 7) is 9.14. The van der Waals surface area contributed by atoms with E-state index in [-0.39, 0.29) is 36.1 Å². The molecule has 1 saturated heterocycles. The maximum atomic E-state index is 11.9. The molecular weight excluding hydrogens is 297 g/mol. The lowest BCUT2D eigenvalue weighted by atomic mass is 9.87. The van der Waals surface area contributed by atoms with Gasteiger partial charge in [-0.25, -0.2) is 0 Å². The van der Waals surface area contributed by atoms with Gasteiger partial charge in [-0.15, -0.1) is 24.8 Å². The third-order valence-corrected chi connectivity index (χ3v) is 4.16. The predicted octanol–water partition coefficient (Wildman–Crippen LogP) is 1.80. The van der Waals surface area contributed by atoms with Gasteiger partial charge in [0, 0.05) is 19.1 Å². The highest BCUT2D eigenvalue weighted by atomic mass is 35.5. The molecule has 1 aliphatic carbocycles. The van der Waals surface area contributed by atoms with Gasteiger partial charge in [-0.05, 0) is 37.1 Å². The van der Waals surface area contributed by atoms with Crippen LogP contribution in [0.2, 0.25) is 0 Å². The quantitative estimate of drug-likeness (QED) is 0.828. The second kappa shape index (κ2) is 7.83. The maximum Gasteiger partial charge on any atom is 0.237 e. The molecule has 1 saturated carbocycles. The van der Waals surface area contributed by atoms with Gasteiger partial charge in [-0.2, -0.15) is 0 Å². The van der Waals surface area contributed by atoms with E-state index in [0.717, 1.165) is 19.1 Å². The first kappa shape index (κ1) is 20.0. The van der Waals surface area contributed by atoms with Gasteiger partial charge < -0.3 is 16.0 Å².